The quantitative estimate of drug-likeness (QED) is 0.904. The first-order chi connectivity index (χ1) is 9.74. The standard InChI is InChI=1S/C18H22N2/c1-20(2)18-9-4-3-8-17(18)19-13-14-10-11-15-6-5-7-16(15)12-14/h3-4,8-12,19H,5-7,13H2,1-2H3. The second-order valence-electron chi connectivity index (χ2n) is 5.72. The first-order valence-electron chi connectivity index (χ1n) is 7.35. The third-order valence-electron chi connectivity index (χ3n) is 4.03. The van der Waals surface area contributed by atoms with Crippen LogP contribution in [0, 0.1) is 0 Å². The largest absolute Gasteiger partial charge is 0.379 e. The van der Waals surface area contributed by atoms with E-state index in [1.54, 1.807) is 11.1 Å². The lowest BCUT2D eigenvalue weighted by atomic mass is 10.1. The molecule has 0 saturated carbocycles. The van der Waals surface area contributed by atoms with Gasteiger partial charge in [-0.05, 0) is 48.1 Å². The minimum atomic E-state index is 0.887. The Bertz CT molecular complexity index is 602. The lowest BCUT2D eigenvalue weighted by Crippen LogP contribution is -2.12. The summed E-state index contributed by atoms with van der Waals surface area (Å²) in [5, 5.41) is 3.56. The maximum atomic E-state index is 3.56. The van der Waals surface area contributed by atoms with Crippen LogP contribution in [0.5, 0.6) is 0 Å². The second kappa shape index (κ2) is 5.58. The summed E-state index contributed by atoms with van der Waals surface area (Å²) >= 11 is 0. The van der Waals surface area contributed by atoms with Crippen molar-refractivity contribution in [3.05, 3.63) is 59.2 Å². The zero-order chi connectivity index (χ0) is 13.9. The molecule has 2 aromatic rings. The molecule has 20 heavy (non-hydrogen) atoms. The Morgan fingerprint density at radius 1 is 1.00 bits per heavy atom. The molecule has 0 heterocycles. The van der Waals surface area contributed by atoms with Crippen LogP contribution in [0.25, 0.3) is 0 Å². The van der Waals surface area contributed by atoms with Gasteiger partial charge in [-0.2, -0.15) is 0 Å². The molecular formula is C18H22N2. The maximum absolute atomic E-state index is 3.56. The fourth-order valence-corrected chi connectivity index (χ4v) is 2.95. The highest BCUT2D eigenvalue weighted by Crippen LogP contribution is 2.26. The Kier molecular flexibility index (Phi) is 3.64. The van der Waals surface area contributed by atoms with Gasteiger partial charge in [0.25, 0.3) is 0 Å². The Balaban J connectivity index is 1.74. The van der Waals surface area contributed by atoms with Gasteiger partial charge in [-0.3, -0.25) is 0 Å². The molecule has 0 aliphatic heterocycles. The summed E-state index contributed by atoms with van der Waals surface area (Å²) in [5.41, 5.74) is 6.89. The van der Waals surface area contributed by atoms with Crippen LogP contribution in [0.4, 0.5) is 11.4 Å². The van der Waals surface area contributed by atoms with Crippen molar-refractivity contribution in [3.63, 3.8) is 0 Å². The number of rotatable bonds is 4. The number of benzene rings is 2. The van der Waals surface area contributed by atoms with Gasteiger partial charge in [0.1, 0.15) is 0 Å². The summed E-state index contributed by atoms with van der Waals surface area (Å²) in [6, 6.07) is 15.4. The predicted molar refractivity (Wildman–Crippen MR) is 86.6 cm³/mol. The van der Waals surface area contributed by atoms with Gasteiger partial charge < -0.3 is 10.2 Å². The van der Waals surface area contributed by atoms with Gasteiger partial charge in [0.15, 0.2) is 0 Å². The molecule has 1 N–H and O–H groups in total. The fraction of sp³-hybridized carbons (Fsp3) is 0.333. The van der Waals surface area contributed by atoms with Crippen molar-refractivity contribution < 1.29 is 0 Å². The molecule has 0 unspecified atom stereocenters. The number of para-hydroxylation sites is 2. The van der Waals surface area contributed by atoms with E-state index in [9.17, 15) is 0 Å². The monoisotopic (exact) mass is 266 g/mol. The van der Waals surface area contributed by atoms with E-state index in [-0.39, 0.29) is 0 Å². The highest BCUT2D eigenvalue weighted by molar-refractivity contribution is 5.69. The third kappa shape index (κ3) is 2.64. The number of nitrogens with one attached hydrogen (secondary N) is 1. The summed E-state index contributed by atoms with van der Waals surface area (Å²) in [7, 11) is 4.16. The molecule has 0 saturated heterocycles. The number of fused-ring (bicyclic) bond motifs is 1. The zero-order valence-electron chi connectivity index (χ0n) is 12.3. The molecule has 0 atom stereocenters. The molecule has 0 aromatic heterocycles. The SMILES string of the molecule is CN(C)c1ccccc1NCc1ccc2c(c1)CCC2. The topological polar surface area (TPSA) is 15.3 Å². The van der Waals surface area contributed by atoms with Crippen molar-refractivity contribution in [2.24, 2.45) is 0 Å². The van der Waals surface area contributed by atoms with E-state index in [0.717, 1.165) is 6.54 Å². The molecule has 0 spiro atoms. The summed E-state index contributed by atoms with van der Waals surface area (Å²) in [5.74, 6) is 0. The van der Waals surface area contributed by atoms with Crippen molar-refractivity contribution in [2.75, 3.05) is 24.3 Å². The maximum Gasteiger partial charge on any atom is 0.0596 e. The number of anilines is 2. The van der Waals surface area contributed by atoms with E-state index < -0.39 is 0 Å². The van der Waals surface area contributed by atoms with Gasteiger partial charge in [-0.1, -0.05) is 30.3 Å². The van der Waals surface area contributed by atoms with Crippen molar-refractivity contribution in [1.29, 1.82) is 0 Å². The molecule has 3 rings (SSSR count). The molecule has 2 nitrogen and oxygen atoms in total. The van der Waals surface area contributed by atoms with Gasteiger partial charge >= 0.3 is 0 Å². The molecular weight excluding hydrogens is 244 g/mol. The van der Waals surface area contributed by atoms with E-state index >= 15 is 0 Å². The number of hydrogen-bond donors (Lipinski definition) is 1. The van der Waals surface area contributed by atoms with E-state index in [2.05, 4.69) is 66.8 Å². The zero-order valence-corrected chi connectivity index (χ0v) is 12.3. The van der Waals surface area contributed by atoms with Gasteiger partial charge in [-0.25, -0.2) is 0 Å². The van der Waals surface area contributed by atoms with Crippen molar-refractivity contribution in [1.82, 2.24) is 0 Å². The summed E-state index contributed by atoms with van der Waals surface area (Å²) in [6.45, 7) is 0.887. The van der Waals surface area contributed by atoms with Crippen LogP contribution in [0.15, 0.2) is 42.5 Å². The highest BCUT2D eigenvalue weighted by Gasteiger charge is 2.10. The lowest BCUT2D eigenvalue weighted by Gasteiger charge is -2.18. The molecule has 0 fully saturated rings. The molecule has 104 valence electrons. The molecule has 2 heteroatoms. The number of hydrogen-bond acceptors (Lipinski definition) is 2. The Morgan fingerprint density at radius 3 is 2.65 bits per heavy atom. The van der Waals surface area contributed by atoms with E-state index in [4.69, 9.17) is 0 Å². The lowest BCUT2D eigenvalue weighted by molar-refractivity contribution is 0.911. The van der Waals surface area contributed by atoms with E-state index in [0.29, 0.717) is 0 Å². The van der Waals surface area contributed by atoms with Crippen LogP contribution in [0.1, 0.15) is 23.1 Å². The first-order valence-corrected chi connectivity index (χ1v) is 7.35. The molecule has 0 bridgehead atoms. The van der Waals surface area contributed by atoms with Gasteiger partial charge in [0, 0.05) is 20.6 Å². The molecule has 2 aromatic carbocycles. The summed E-state index contributed by atoms with van der Waals surface area (Å²) < 4.78 is 0. The van der Waals surface area contributed by atoms with Crippen LogP contribution < -0.4 is 10.2 Å². The normalized spacial score (nSPS) is 13.1. The van der Waals surface area contributed by atoms with Crippen molar-refractivity contribution in [2.45, 2.75) is 25.8 Å². The summed E-state index contributed by atoms with van der Waals surface area (Å²) in [6.07, 6.45) is 3.82. The van der Waals surface area contributed by atoms with Gasteiger partial charge in [-0.15, -0.1) is 0 Å². The highest BCUT2D eigenvalue weighted by atomic mass is 15.1. The Labute approximate surface area is 121 Å². The third-order valence-corrected chi connectivity index (χ3v) is 4.03. The van der Waals surface area contributed by atoms with Crippen molar-refractivity contribution >= 4 is 11.4 Å². The van der Waals surface area contributed by atoms with E-state index in [1.807, 2.05) is 0 Å². The number of aryl methyl sites for hydroxylation is 2. The minimum Gasteiger partial charge on any atom is -0.379 e. The molecule has 0 amide bonds. The van der Waals surface area contributed by atoms with Crippen LogP contribution in [-0.4, -0.2) is 14.1 Å². The summed E-state index contributed by atoms with van der Waals surface area (Å²) in [4.78, 5) is 2.14. The second-order valence-corrected chi connectivity index (χ2v) is 5.72. The first kappa shape index (κ1) is 13.0. The molecule has 1 aliphatic rings. The van der Waals surface area contributed by atoms with Crippen LogP contribution in [0.3, 0.4) is 0 Å². The average Bonchev–Trinajstić information content (AvgIpc) is 2.92. The van der Waals surface area contributed by atoms with Crippen molar-refractivity contribution in [3.8, 4) is 0 Å². The van der Waals surface area contributed by atoms with Crippen LogP contribution in [-0.2, 0) is 19.4 Å². The fourth-order valence-electron chi connectivity index (χ4n) is 2.95. The van der Waals surface area contributed by atoms with Crippen LogP contribution in [0.2, 0.25) is 0 Å². The molecule has 1 aliphatic carbocycles. The predicted octanol–water partition coefficient (Wildman–Crippen LogP) is 3.85. The Hall–Kier alpha value is -1.96. The Morgan fingerprint density at radius 2 is 1.80 bits per heavy atom. The number of nitrogens with zero attached hydrogens (tertiary/aromatic N) is 1. The van der Waals surface area contributed by atoms with Gasteiger partial charge in [0.05, 0.1) is 11.4 Å². The average molecular weight is 266 g/mol. The van der Waals surface area contributed by atoms with Gasteiger partial charge in [0.2, 0.25) is 0 Å². The minimum absolute atomic E-state index is 0.887. The van der Waals surface area contributed by atoms with E-state index in [1.165, 1.54) is 36.2 Å². The van der Waals surface area contributed by atoms with Crippen LogP contribution >= 0.6 is 0 Å². The smallest absolute Gasteiger partial charge is 0.0596 e. The molecule has 0 radical (unpaired) electrons.